The summed E-state index contributed by atoms with van der Waals surface area (Å²) in [6.45, 7) is 5.09. The van der Waals surface area contributed by atoms with Crippen LogP contribution in [0.2, 0.25) is 0 Å². The Morgan fingerprint density at radius 3 is 2.57 bits per heavy atom. The molecule has 1 fully saturated rings. The van der Waals surface area contributed by atoms with E-state index in [1.807, 2.05) is 42.5 Å². The summed E-state index contributed by atoms with van der Waals surface area (Å²) in [4.78, 5) is 14.8. The molecular weight excluding hydrogens is 396 g/mol. The number of aromatic nitrogens is 4. The molecule has 1 amide bonds. The highest BCUT2D eigenvalue weighted by atomic mass is 32.2. The summed E-state index contributed by atoms with van der Waals surface area (Å²) in [6, 6.07) is 18.1. The largest absolute Gasteiger partial charge is 0.372 e. The predicted molar refractivity (Wildman–Crippen MR) is 120 cm³/mol. The molecule has 0 saturated carbocycles. The van der Waals surface area contributed by atoms with Gasteiger partial charge in [0.1, 0.15) is 0 Å². The van der Waals surface area contributed by atoms with Crippen molar-refractivity contribution in [1.82, 2.24) is 20.2 Å². The van der Waals surface area contributed by atoms with Crippen molar-refractivity contribution in [3.05, 3.63) is 60.2 Å². The lowest BCUT2D eigenvalue weighted by Gasteiger charge is -2.32. The van der Waals surface area contributed by atoms with E-state index in [1.54, 1.807) is 4.68 Å². The van der Waals surface area contributed by atoms with E-state index in [0.29, 0.717) is 11.7 Å². The number of nitrogens with zero attached hydrogens (tertiary/aromatic N) is 5. The lowest BCUT2D eigenvalue weighted by molar-refractivity contribution is -0.113. The van der Waals surface area contributed by atoms with E-state index in [-0.39, 0.29) is 11.7 Å². The number of hydrogen-bond donors (Lipinski definition) is 1. The Balaban J connectivity index is 1.28. The number of carbonyl (C=O) groups excluding carboxylic acids is 1. The predicted octanol–water partition coefficient (Wildman–Crippen LogP) is 3.69. The van der Waals surface area contributed by atoms with Crippen molar-refractivity contribution in [3.63, 3.8) is 0 Å². The van der Waals surface area contributed by atoms with E-state index in [0.717, 1.165) is 30.3 Å². The first-order chi connectivity index (χ1) is 14.7. The lowest BCUT2D eigenvalue weighted by atomic mass is 9.99. The number of rotatable bonds is 7. The molecule has 8 heteroatoms. The van der Waals surface area contributed by atoms with Crippen molar-refractivity contribution in [3.8, 4) is 0 Å². The molecule has 0 bridgehead atoms. The molecule has 0 radical (unpaired) electrons. The van der Waals surface area contributed by atoms with Crippen LogP contribution in [0.1, 0.15) is 25.3 Å². The van der Waals surface area contributed by atoms with E-state index >= 15 is 0 Å². The van der Waals surface area contributed by atoms with Crippen LogP contribution < -0.4 is 10.2 Å². The second kappa shape index (κ2) is 9.75. The van der Waals surface area contributed by atoms with Gasteiger partial charge in [0.2, 0.25) is 11.1 Å². The minimum absolute atomic E-state index is 0.0752. The number of anilines is 2. The number of piperidine rings is 1. The summed E-state index contributed by atoms with van der Waals surface area (Å²) < 4.78 is 1.71. The van der Waals surface area contributed by atoms with Crippen LogP contribution in [0.5, 0.6) is 0 Å². The van der Waals surface area contributed by atoms with Crippen molar-refractivity contribution in [2.45, 2.75) is 31.5 Å². The van der Waals surface area contributed by atoms with Crippen LogP contribution in [0.4, 0.5) is 11.4 Å². The summed E-state index contributed by atoms with van der Waals surface area (Å²) in [5, 5.41) is 15.4. The van der Waals surface area contributed by atoms with E-state index in [9.17, 15) is 4.79 Å². The third kappa shape index (κ3) is 5.38. The number of carbonyl (C=O) groups is 1. The second-order valence-corrected chi connectivity index (χ2v) is 8.60. The summed E-state index contributed by atoms with van der Waals surface area (Å²) >= 11 is 1.33. The molecule has 2 heterocycles. The summed E-state index contributed by atoms with van der Waals surface area (Å²) in [6.07, 6.45) is 2.47. The average Bonchev–Trinajstić information content (AvgIpc) is 3.21. The molecule has 1 N–H and O–H groups in total. The Kier molecular flexibility index (Phi) is 6.63. The summed E-state index contributed by atoms with van der Waals surface area (Å²) in [5.74, 6) is 0.987. The average molecular weight is 423 g/mol. The van der Waals surface area contributed by atoms with Crippen LogP contribution in [-0.2, 0) is 11.3 Å². The van der Waals surface area contributed by atoms with Gasteiger partial charge in [-0.15, -0.1) is 5.10 Å². The van der Waals surface area contributed by atoms with Gasteiger partial charge in [-0.3, -0.25) is 4.79 Å². The highest BCUT2D eigenvalue weighted by Gasteiger charge is 2.16. The number of hydrogen-bond acceptors (Lipinski definition) is 6. The van der Waals surface area contributed by atoms with E-state index < -0.39 is 0 Å². The molecule has 2 aromatic carbocycles. The molecule has 0 unspecified atom stereocenters. The Bertz CT molecular complexity index is 951. The van der Waals surface area contributed by atoms with Crippen molar-refractivity contribution in [2.75, 3.05) is 29.1 Å². The van der Waals surface area contributed by atoms with Crippen LogP contribution in [0, 0.1) is 5.92 Å². The van der Waals surface area contributed by atoms with Crippen LogP contribution >= 0.6 is 11.8 Å². The zero-order valence-electron chi connectivity index (χ0n) is 17.1. The van der Waals surface area contributed by atoms with Gasteiger partial charge in [0.05, 0.1) is 12.3 Å². The molecule has 1 saturated heterocycles. The molecule has 1 aliphatic heterocycles. The molecule has 1 aliphatic rings. The van der Waals surface area contributed by atoms with Gasteiger partial charge in [-0.1, -0.05) is 49.0 Å². The first-order valence-electron chi connectivity index (χ1n) is 10.2. The Morgan fingerprint density at radius 1 is 1.10 bits per heavy atom. The fraction of sp³-hybridized carbons (Fsp3) is 0.364. The third-order valence-electron chi connectivity index (χ3n) is 5.31. The van der Waals surface area contributed by atoms with Crippen molar-refractivity contribution in [1.29, 1.82) is 0 Å². The summed E-state index contributed by atoms with van der Waals surface area (Å²) in [7, 11) is 0. The second-order valence-electron chi connectivity index (χ2n) is 7.66. The molecule has 7 nitrogen and oxygen atoms in total. The number of nitrogens with one attached hydrogen (secondary N) is 1. The van der Waals surface area contributed by atoms with Crippen molar-refractivity contribution < 1.29 is 4.79 Å². The van der Waals surface area contributed by atoms with Gasteiger partial charge in [-0.25, -0.2) is 4.68 Å². The fourth-order valence-electron chi connectivity index (χ4n) is 3.50. The zero-order valence-corrected chi connectivity index (χ0v) is 17.9. The van der Waals surface area contributed by atoms with Crippen LogP contribution in [0.3, 0.4) is 0 Å². The van der Waals surface area contributed by atoms with Gasteiger partial charge in [0.15, 0.2) is 0 Å². The molecule has 4 rings (SSSR count). The minimum atomic E-state index is -0.0752. The monoisotopic (exact) mass is 422 g/mol. The highest BCUT2D eigenvalue weighted by Crippen LogP contribution is 2.24. The lowest BCUT2D eigenvalue weighted by Crippen LogP contribution is -2.32. The number of thioether (sulfide) groups is 1. The van der Waals surface area contributed by atoms with Gasteiger partial charge in [-0.05, 0) is 59.0 Å². The van der Waals surface area contributed by atoms with Crippen molar-refractivity contribution >= 4 is 29.0 Å². The number of amides is 1. The normalized spacial score (nSPS) is 14.6. The van der Waals surface area contributed by atoms with E-state index in [2.05, 4.69) is 44.8 Å². The van der Waals surface area contributed by atoms with Gasteiger partial charge < -0.3 is 10.2 Å². The molecule has 0 atom stereocenters. The fourth-order valence-corrected chi connectivity index (χ4v) is 4.18. The van der Waals surface area contributed by atoms with Gasteiger partial charge in [0, 0.05) is 24.5 Å². The van der Waals surface area contributed by atoms with Gasteiger partial charge >= 0.3 is 0 Å². The van der Waals surface area contributed by atoms with E-state index in [4.69, 9.17) is 0 Å². The Hall–Kier alpha value is -2.87. The Morgan fingerprint density at radius 2 is 1.83 bits per heavy atom. The molecule has 3 aromatic rings. The molecule has 1 aromatic heterocycles. The molecule has 156 valence electrons. The zero-order chi connectivity index (χ0) is 20.8. The maximum Gasteiger partial charge on any atom is 0.234 e. The smallest absolute Gasteiger partial charge is 0.234 e. The summed E-state index contributed by atoms with van der Waals surface area (Å²) in [5.41, 5.74) is 3.13. The Labute approximate surface area is 180 Å². The van der Waals surface area contributed by atoms with Crippen LogP contribution in [-0.4, -0.2) is 45.0 Å². The van der Waals surface area contributed by atoms with Crippen LogP contribution in [0.25, 0.3) is 0 Å². The molecular formula is C22H26N6OS. The first-order valence-corrected chi connectivity index (χ1v) is 11.2. The standard InChI is InChI=1S/C22H26N6OS/c1-17-11-13-27(14-12-17)20-9-7-19(8-10-20)23-21(29)16-30-22-24-25-26-28(22)15-18-5-3-2-4-6-18/h2-10,17H,11-16H2,1H3,(H,23,29). The number of benzene rings is 2. The third-order valence-corrected chi connectivity index (χ3v) is 6.26. The quantitative estimate of drug-likeness (QED) is 0.585. The van der Waals surface area contributed by atoms with E-state index in [1.165, 1.54) is 30.3 Å². The van der Waals surface area contributed by atoms with Gasteiger partial charge in [0.25, 0.3) is 0 Å². The molecule has 0 aliphatic carbocycles. The minimum Gasteiger partial charge on any atom is -0.372 e. The molecule has 30 heavy (non-hydrogen) atoms. The number of tetrazole rings is 1. The van der Waals surface area contributed by atoms with Crippen LogP contribution in [0.15, 0.2) is 59.8 Å². The maximum atomic E-state index is 12.4. The first kappa shape index (κ1) is 20.4. The highest BCUT2D eigenvalue weighted by molar-refractivity contribution is 7.99. The molecule has 0 spiro atoms. The maximum absolute atomic E-state index is 12.4. The van der Waals surface area contributed by atoms with Crippen molar-refractivity contribution in [2.24, 2.45) is 5.92 Å². The van der Waals surface area contributed by atoms with Gasteiger partial charge in [-0.2, -0.15) is 0 Å². The topological polar surface area (TPSA) is 75.9 Å². The SMILES string of the molecule is CC1CCN(c2ccc(NC(=O)CSc3nnnn3Cc3ccccc3)cc2)CC1.